The predicted octanol–water partition coefficient (Wildman–Crippen LogP) is 2.22. The zero-order chi connectivity index (χ0) is 15.3. The first-order valence-electron chi connectivity index (χ1n) is 7.22. The van der Waals surface area contributed by atoms with Crippen LogP contribution in [-0.4, -0.2) is 24.9 Å². The van der Waals surface area contributed by atoms with Crippen LogP contribution in [0.3, 0.4) is 0 Å². The Morgan fingerprint density at radius 1 is 1.38 bits per heavy atom. The van der Waals surface area contributed by atoms with E-state index in [1.807, 2.05) is 13.8 Å². The fourth-order valence-corrected chi connectivity index (χ4v) is 5.89. The molecule has 0 aromatic carbocycles. The highest BCUT2D eigenvalue weighted by molar-refractivity contribution is 7.92. The Kier molecular flexibility index (Phi) is 3.13. The number of carbonyl (C=O) groups excluding carboxylic acids is 1. The van der Waals surface area contributed by atoms with Crippen LogP contribution in [0.2, 0.25) is 0 Å². The molecule has 2 fully saturated rings. The van der Waals surface area contributed by atoms with Crippen LogP contribution < -0.4 is 4.72 Å². The molecular weight excluding hydrogens is 288 g/mol. The van der Waals surface area contributed by atoms with Gasteiger partial charge in [0.1, 0.15) is 11.6 Å². The van der Waals surface area contributed by atoms with Gasteiger partial charge in [-0.05, 0) is 36.3 Å². The van der Waals surface area contributed by atoms with Crippen molar-refractivity contribution in [1.82, 2.24) is 4.98 Å². The van der Waals surface area contributed by atoms with Crippen molar-refractivity contribution in [2.75, 3.05) is 10.5 Å². The summed E-state index contributed by atoms with van der Waals surface area (Å²) in [5.41, 5.74) is -0.985. The number of hydrogen-bond acceptors (Lipinski definition) is 4. The van der Waals surface area contributed by atoms with E-state index in [9.17, 15) is 13.2 Å². The third-order valence-electron chi connectivity index (χ3n) is 5.50. The lowest BCUT2D eigenvalue weighted by atomic mass is 9.70. The molecule has 0 spiro atoms. The number of fused-ring (bicyclic) bond motifs is 2. The van der Waals surface area contributed by atoms with Gasteiger partial charge in [0.2, 0.25) is 10.0 Å². The first-order valence-corrected chi connectivity index (χ1v) is 8.87. The van der Waals surface area contributed by atoms with E-state index in [1.165, 1.54) is 6.20 Å². The number of anilines is 1. The van der Waals surface area contributed by atoms with Gasteiger partial charge in [-0.1, -0.05) is 19.9 Å². The number of sulfonamides is 1. The average molecular weight is 308 g/mol. The van der Waals surface area contributed by atoms with E-state index in [4.69, 9.17) is 0 Å². The molecule has 3 rings (SSSR count). The monoisotopic (exact) mass is 308 g/mol. The number of nitrogens with zero attached hydrogens (tertiary/aromatic N) is 1. The van der Waals surface area contributed by atoms with Crippen LogP contribution in [0.25, 0.3) is 0 Å². The maximum Gasteiger partial charge on any atom is 0.234 e. The summed E-state index contributed by atoms with van der Waals surface area (Å²) in [5.74, 6) is 0.579. The normalized spacial score (nSPS) is 30.6. The molecule has 114 valence electrons. The molecular formula is C15H20N2O3S. The largest absolute Gasteiger partial charge is 0.299 e. The summed E-state index contributed by atoms with van der Waals surface area (Å²) in [6, 6.07) is 5.05. The summed E-state index contributed by atoms with van der Waals surface area (Å²) in [6.45, 7) is 4.07. The lowest BCUT2D eigenvalue weighted by Crippen LogP contribution is -2.43. The summed E-state index contributed by atoms with van der Waals surface area (Å²) in [4.78, 5) is 16.4. The number of pyridine rings is 1. The van der Waals surface area contributed by atoms with E-state index < -0.39 is 15.4 Å². The lowest BCUT2D eigenvalue weighted by Gasteiger charge is -2.36. The molecule has 6 heteroatoms. The summed E-state index contributed by atoms with van der Waals surface area (Å²) in [5, 5.41) is 0. The van der Waals surface area contributed by atoms with E-state index in [2.05, 4.69) is 9.71 Å². The molecule has 0 amide bonds. The maximum absolute atomic E-state index is 12.5. The molecule has 0 unspecified atom stereocenters. The number of hydrogen-bond donors (Lipinski definition) is 1. The molecule has 1 N–H and O–H groups in total. The zero-order valence-corrected chi connectivity index (χ0v) is 13.1. The fraction of sp³-hybridized carbons (Fsp3) is 0.600. The lowest BCUT2D eigenvalue weighted by molar-refractivity contribution is -0.128. The topological polar surface area (TPSA) is 76.1 Å². The Morgan fingerprint density at radius 3 is 2.67 bits per heavy atom. The van der Waals surface area contributed by atoms with Gasteiger partial charge < -0.3 is 0 Å². The second kappa shape index (κ2) is 4.53. The molecule has 2 aliphatic carbocycles. The van der Waals surface area contributed by atoms with E-state index in [-0.39, 0.29) is 17.0 Å². The van der Waals surface area contributed by atoms with Gasteiger partial charge in [0.15, 0.2) is 0 Å². The number of Topliss-reactive ketones (excluding diaryl/α,β-unsaturated/α-hetero) is 1. The number of rotatable bonds is 4. The van der Waals surface area contributed by atoms with E-state index in [0.717, 1.165) is 6.42 Å². The summed E-state index contributed by atoms with van der Waals surface area (Å²) in [7, 11) is -3.60. The SMILES string of the molecule is CC1(C)[C@H]2CC[C@@]1(CS(=O)(=O)Nc1ccccn1)C(=O)C2. The Hall–Kier alpha value is -1.43. The van der Waals surface area contributed by atoms with Crippen molar-refractivity contribution in [3.05, 3.63) is 24.4 Å². The first kappa shape index (κ1) is 14.5. The number of ketones is 1. The van der Waals surface area contributed by atoms with Crippen LogP contribution in [0, 0.1) is 16.7 Å². The summed E-state index contributed by atoms with van der Waals surface area (Å²) in [6.07, 6.45) is 3.67. The minimum Gasteiger partial charge on any atom is -0.299 e. The number of nitrogens with one attached hydrogen (secondary N) is 1. The van der Waals surface area contributed by atoms with Gasteiger partial charge >= 0.3 is 0 Å². The quantitative estimate of drug-likeness (QED) is 0.925. The van der Waals surface area contributed by atoms with Crippen LogP contribution in [0.5, 0.6) is 0 Å². The second-order valence-corrected chi connectivity index (χ2v) is 8.47. The highest BCUT2D eigenvalue weighted by Crippen LogP contribution is 2.64. The van der Waals surface area contributed by atoms with E-state index in [0.29, 0.717) is 24.6 Å². The second-order valence-electron chi connectivity index (χ2n) is 6.74. The molecule has 0 saturated heterocycles. The number of aromatic nitrogens is 1. The minimum atomic E-state index is -3.60. The van der Waals surface area contributed by atoms with Gasteiger partial charge in [-0.25, -0.2) is 13.4 Å². The summed E-state index contributed by atoms with van der Waals surface area (Å²) < 4.78 is 27.4. The van der Waals surface area contributed by atoms with Gasteiger partial charge in [-0.3, -0.25) is 9.52 Å². The average Bonchev–Trinajstić information content (AvgIpc) is 2.72. The van der Waals surface area contributed by atoms with Crippen molar-refractivity contribution in [3.63, 3.8) is 0 Å². The van der Waals surface area contributed by atoms with Gasteiger partial charge in [0.25, 0.3) is 0 Å². The maximum atomic E-state index is 12.5. The smallest absolute Gasteiger partial charge is 0.234 e. The van der Waals surface area contributed by atoms with Crippen LogP contribution in [0.4, 0.5) is 5.82 Å². The molecule has 1 aromatic rings. The Labute approximate surface area is 125 Å². The molecule has 2 aliphatic rings. The molecule has 1 aromatic heterocycles. The number of carbonyl (C=O) groups is 1. The molecule has 21 heavy (non-hydrogen) atoms. The Morgan fingerprint density at radius 2 is 2.14 bits per heavy atom. The van der Waals surface area contributed by atoms with Crippen molar-refractivity contribution in [3.8, 4) is 0 Å². The predicted molar refractivity (Wildman–Crippen MR) is 80.2 cm³/mol. The van der Waals surface area contributed by atoms with Crippen molar-refractivity contribution in [1.29, 1.82) is 0 Å². The highest BCUT2D eigenvalue weighted by Gasteiger charge is 2.65. The van der Waals surface area contributed by atoms with E-state index in [1.54, 1.807) is 18.2 Å². The molecule has 0 radical (unpaired) electrons. The van der Waals surface area contributed by atoms with Gasteiger partial charge in [-0.2, -0.15) is 0 Å². The Bertz CT molecular complexity index is 669. The highest BCUT2D eigenvalue weighted by atomic mass is 32.2. The first-order chi connectivity index (χ1) is 9.77. The van der Waals surface area contributed by atoms with Crippen molar-refractivity contribution in [2.24, 2.45) is 16.7 Å². The molecule has 5 nitrogen and oxygen atoms in total. The van der Waals surface area contributed by atoms with Crippen LogP contribution >= 0.6 is 0 Å². The minimum absolute atomic E-state index is 0.107. The van der Waals surface area contributed by atoms with Crippen molar-refractivity contribution < 1.29 is 13.2 Å². The van der Waals surface area contributed by atoms with Crippen molar-refractivity contribution in [2.45, 2.75) is 33.1 Å². The summed E-state index contributed by atoms with van der Waals surface area (Å²) >= 11 is 0. The van der Waals surface area contributed by atoms with Gasteiger partial charge in [0, 0.05) is 12.6 Å². The third kappa shape index (κ3) is 2.16. The van der Waals surface area contributed by atoms with Crippen molar-refractivity contribution >= 4 is 21.6 Å². The van der Waals surface area contributed by atoms with Gasteiger partial charge in [-0.15, -0.1) is 0 Å². The van der Waals surface area contributed by atoms with Crippen LogP contribution in [0.1, 0.15) is 33.1 Å². The molecule has 2 bridgehead atoms. The molecule has 1 heterocycles. The molecule has 2 atom stereocenters. The van der Waals surface area contributed by atoms with Gasteiger partial charge in [0.05, 0.1) is 11.2 Å². The van der Waals surface area contributed by atoms with Crippen LogP contribution in [-0.2, 0) is 14.8 Å². The molecule has 0 aliphatic heterocycles. The third-order valence-corrected chi connectivity index (χ3v) is 6.89. The van der Waals surface area contributed by atoms with E-state index >= 15 is 0 Å². The molecule has 2 saturated carbocycles. The zero-order valence-electron chi connectivity index (χ0n) is 12.3. The standard InChI is InChI=1S/C15H20N2O3S/c1-14(2)11-6-7-15(14,12(18)9-11)10-21(19,20)17-13-5-3-4-8-16-13/h3-5,8,11H,6-7,9-10H2,1-2H3,(H,16,17)/t11-,15+/m0/s1. The Balaban J connectivity index is 1.87. The fourth-order valence-electron chi connectivity index (χ4n) is 4.05. The van der Waals surface area contributed by atoms with Crippen LogP contribution in [0.15, 0.2) is 24.4 Å².